The Morgan fingerprint density at radius 1 is 1.15 bits per heavy atom. The van der Waals surface area contributed by atoms with Crippen molar-refractivity contribution in [2.45, 2.75) is 32.9 Å². The first-order valence-electron chi connectivity index (χ1n) is 8.33. The van der Waals surface area contributed by atoms with Crippen molar-refractivity contribution in [3.05, 3.63) is 64.7 Å². The van der Waals surface area contributed by atoms with Gasteiger partial charge in [-0.25, -0.2) is 8.42 Å². The fourth-order valence-corrected chi connectivity index (χ4v) is 4.04. The lowest BCUT2D eigenvalue weighted by Gasteiger charge is -2.28. The number of sulfonamides is 1. The number of halogens is 1. The third-order valence-electron chi connectivity index (χ3n) is 4.10. The molecule has 140 valence electrons. The van der Waals surface area contributed by atoms with Crippen LogP contribution in [0.25, 0.3) is 0 Å². The van der Waals surface area contributed by atoms with Gasteiger partial charge in [0.25, 0.3) is 0 Å². The van der Waals surface area contributed by atoms with Crippen molar-refractivity contribution < 1.29 is 13.2 Å². The fraction of sp³-hybridized carbons (Fsp3) is 0.316. The minimum Gasteiger partial charge on any atom is -0.350 e. The Balaban J connectivity index is 2.19. The molecule has 1 unspecified atom stereocenters. The number of benzene rings is 2. The summed E-state index contributed by atoms with van der Waals surface area (Å²) in [6.07, 6.45) is 1.95. The second-order valence-electron chi connectivity index (χ2n) is 6.06. The number of amides is 1. The van der Waals surface area contributed by atoms with Gasteiger partial charge in [-0.2, -0.15) is 0 Å². The highest BCUT2D eigenvalue weighted by Crippen LogP contribution is 2.22. The predicted octanol–water partition coefficient (Wildman–Crippen LogP) is 3.37. The Labute approximate surface area is 160 Å². The second kappa shape index (κ2) is 8.56. The molecule has 26 heavy (non-hydrogen) atoms. The maximum atomic E-state index is 12.6. The lowest BCUT2D eigenvalue weighted by Crippen LogP contribution is -2.47. The highest BCUT2D eigenvalue weighted by Gasteiger charge is 2.29. The van der Waals surface area contributed by atoms with Gasteiger partial charge in [-0.05, 0) is 42.7 Å². The average Bonchev–Trinajstić information content (AvgIpc) is 2.60. The zero-order chi connectivity index (χ0) is 19.3. The van der Waals surface area contributed by atoms with Crippen molar-refractivity contribution in [3.63, 3.8) is 0 Å². The SMILES string of the molecule is CCc1ccc(N(C(C)C(=O)NCc2ccccc2Cl)S(C)(=O)=O)cc1. The van der Waals surface area contributed by atoms with E-state index < -0.39 is 22.0 Å². The van der Waals surface area contributed by atoms with Gasteiger partial charge >= 0.3 is 0 Å². The highest BCUT2D eigenvalue weighted by atomic mass is 35.5. The quantitative estimate of drug-likeness (QED) is 0.782. The van der Waals surface area contributed by atoms with E-state index in [1.165, 1.54) is 0 Å². The maximum absolute atomic E-state index is 12.6. The molecule has 0 aliphatic rings. The summed E-state index contributed by atoms with van der Waals surface area (Å²) < 4.78 is 25.7. The Morgan fingerprint density at radius 2 is 1.77 bits per heavy atom. The molecule has 0 aliphatic heterocycles. The lowest BCUT2D eigenvalue weighted by molar-refractivity contribution is -0.122. The molecule has 7 heteroatoms. The standard InChI is InChI=1S/C19H23ClN2O3S/c1-4-15-9-11-17(12-10-15)22(26(3,24)25)14(2)19(23)21-13-16-7-5-6-8-18(16)20/h5-12,14H,4,13H2,1-3H3,(H,21,23). The molecular formula is C19H23ClN2O3S. The number of anilines is 1. The largest absolute Gasteiger partial charge is 0.350 e. The Hall–Kier alpha value is -2.05. The number of rotatable bonds is 7. The van der Waals surface area contributed by atoms with Crippen LogP contribution in [0.3, 0.4) is 0 Å². The molecule has 0 spiro atoms. The van der Waals surface area contributed by atoms with Crippen LogP contribution in [0, 0.1) is 0 Å². The summed E-state index contributed by atoms with van der Waals surface area (Å²) in [6.45, 7) is 3.82. The van der Waals surface area contributed by atoms with Crippen LogP contribution in [0.4, 0.5) is 5.69 Å². The molecule has 5 nitrogen and oxygen atoms in total. The molecule has 0 bridgehead atoms. The van der Waals surface area contributed by atoms with Crippen molar-refractivity contribution in [3.8, 4) is 0 Å². The normalized spacial score (nSPS) is 12.5. The van der Waals surface area contributed by atoms with E-state index in [0.29, 0.717) is 10.7 Å². The van der Waals surface area contributed by atoms with E-state index in [9.17, 15) is 13.2 Å². The number of hydrogen-bond acceptors (Lipinski definition) is 3. The summed E-state index contributed by atoms with van der Waals surface area (Å²) in [6, 6.07) is 13.5. The van der Waals surface area contributed by atoms with Gasteiger partial charge in [0.1, 0.15) is 6.04 Å². The highest BCUT2D eigenvalue weighted by molar-refractivity contribution is 7.92. The van der Waals surface area contributed by atoms with E-state index in [1.807, 2.05) is 37.3 Å². The van der Waals surface area contributed by atoms with Crippen molar-refractivity contribution >= 4 is 33.2 Å². The van der Waals surface area contributed by atoms with E-state index in [2.05, 4.69) is 5.32 Å². The van der Waals surface area contributed by atoms with Crippen LogP contribution in [0.1, 0.15) is 25.0 Å². The molecule has 1 N–H and O–H groups in total. The van der Waals surface area contributed by atoms with Crippen LogP contribution in [0.2, 0.25) is 5.02 Å². The van der Waals surface area contributed by atoms with Gasteiger partial charge in [0.15, 0.2) is 0 Å². The van der Waals surface area contributed by atoms with Crippen molar-refractivity contribution in [1.29, 1.82) is 0 Å². The first-order chi connectivity index (χ1) is 12.2. The molecule has 0 saturated carbocycles. The summed E-state index contributed by atoms with van der Waals surface area (Å²) in [7, 11) is -3.63. The van der Waals surface area contributed by atoms with Gasteiger partial charge < -0.3 is 5.32 Å². The summed E-state index contributed by atoms with van der Waals surface area (Å²) in [5.74, 6) is -0.394. The molecule has 2 rings (SSSR count). The zero-order valence-corrected chi connectivity index (χ0v) is 16.6. The number of hydrogen-bond donors (Lipinski definition) is 1. The van der Waals surface area contributed by atoms with Crippen molar-refractivity contribution in [2.24, 2.45) is 0 Å². The van der Waals surface area contributed by atoms with Gasteiger partial charge in [-0.1, -0.05) is 48.9 Å². The molecule has 1 amide bonds. The maximum Gasteiger partial charge on any atom is 0.243 e. The van der Waals surface area contributed by atoms with Crippen LogP contribution < -0.4 is 9.62 Å². The van der Waals surface area contributed by atoms with Gasteiger partial charge in [-0.15, -0.1) is 0 Å². The van der Waals surface area contributed by atoms with E-state index in [1.54, 1.807) is 25.1 Å². The zero-order valence-electron chi connectivity index (χ0n) is 15.1. The summed E-state index contributed by atoms with van der Waals surface area (Å²) in [4.78, 5) is 12.6. The summed E-state index contributed by atoms with van der Waals surface area (Å²) >= 11 is 6.09. The predicted molar refractivity (Wildman–Crippen MR) is 106 cm³/mol. The van der Waals surface area contributed by atoms with Gasteiger partial charge in [0, 0.05) is 11.6 Å². The number of nitrogens with zero attached hydrogens (tertiary/aromatic N) is 1. The topological polar surface area (TPSA) is 66.5 Å². The van der Waals surface area contributed by atoms with E-state index >= 15 is 0 Å². The molecule has 1 atom stereocenters. The van der Waals surface area contributed by atoms with Gasteiger partial charge in [-0.3, -0.25) is 9.10 Å². The summed E-state index contributed by atoms with van der Waals surface area (Å²) in [5, 5.41) is 3.31. The van der Waals surface area contributed by atoms with Crippen LogP contribution >= 0.6 is 11.6 Å². The first kappa shape index (κ1) is 20.3. The first-order valence-corrected chi connectivity index (χ1v) is 10.6. The molecule has 0 heterocycles. The van der Waals surface area contributed by atoms with Crippen molar-refractivity contribution in [1.82, 2.24) is 5.32 Å². The Morgan fingerprint density at radius 3 is 2.31 bits per heavy atom. The molecule has 0 saturated heterocycles. The fourth-order valence-electron chi connectivity index (χ4n) is 2.66. The number of carbonyl (C=O) groups is 1. The van der Waals surface area contributed by atoms with Gasteiger partial charge in [0.05, 0.1) is 11.9 Å². The molecular weight excluding hydrogens is 372 g/mol. The molecule has 0 aliphatic carbocycles. The van der Waals surface area contributed by atoms with E-state index in [4.69, 9.17) is 11.6 Å². The molecule has 0 radical (unpaired) electrons. The minimum atomic E-state index is -3.63. The molecule has 2 aromatic rings. The van der Waals surface area contributed by atoms with E-state index in [0.717, 1.165) is 28.1 Å². The number of nitrogens with one attached hydrogen (secondary N) is 1. The molecule has 0 aromatic heterocycles. The molecule has 0 fully saturated rings. The number of carbonyl (C=O) groups excluding carboxylic acids is 1. The van der Waals surface area contributed by atoms with Crippen LogP contribution in [0.5, 0.6) is 0 Å². The number of aryl methyl sites for hydroxylation is 1. The van der Waals surface area contributed by atoms with Crippen LogP contribution in [0.15, 0.2) is 48.5 Å². The second-order valence-corrected chi connectivity index (χ2v) is 8.33. The van der Waals surface area contributed by atoms with Crippen LogP contribution in [-0.2, 0) is 27.8 Å². The van der Waals surface area contributed by atoms with Gasteiger partial charge in [0.2, 0.25) is 15.9 Å². The average molecular weight is 395 g/mol. The third kappa shape index (κ3) is 4.99. The monoisotopic (exact) mass is 394 g/mol. The lowest BCUT2D eigenvalue weighted by atomic mass is 10.1. The van der Waals surface area contributed by atoms with Crippen molar-refractivity contribution in [2.75, 3.05) is 10.6 Å². The Kier molecular flexibility index (Phi) is 6.67. The van der Waals surface area contributed by atoms with Crippen LogP contribution in [-0.4, -0.2) is 26.6 Å². The third-order valence-corrected chi connectivity index (χ3v) is 5.71. The van der Waals surface area contributed by atoms with E-state index in [-0.39, 0.29) is 6.54 Å². The minimum absolute atomic E-state index is 0.231. The molecule has 2 aromatic carbocycles. The Bertz CT molecular complexity index is 867. The smallest absolute Gasteiger partial charge is 0.243 e. The summed E-state index contributed by atoms with van der Waals surface area (Å²) in [5.41, 5.74) is 2.33.